The number of para-hydroxylation sites is 1. The second kappa shape index (κ2) is 15.2. The lowest BCUT2D eigenvalue weighted by Crippen LogP contribution is -2.38. The predicted octanol–water partition coefficient (Wildman–Crippen LogP) is 4.84. The van der Waals surface area contributed by atoms with Crippen LogP contribution in [0.1, 0.15) is 21.5 Å². The van der Waals surface area contributed by atoms with Gasteiger partial charge in [-0.2, -0.15) is 0 Å². The second-order valence-electron chi connectivity index (χ2n) is 10.2. The number of nitrogens with zero attached hydrogens (tertiary/aromatic N) is 1. The number of benzene rings is 4. The van der Waals surface area contributed by atoms with E-state index in [2.05, 4.69) is 10.6 Å². The molecule has 4 aromatic carbocycles. The molecule has 0 aliphatic heterocycles. The summed E-state index contributed by atoms with van der Waals surface area (Å²) in [6.45, 7) is 1.54. The molecule has 0 saturated carbocycles. The first-order valence-corrected chi connectivity index (χ1v) is 15.7. The zero-order valence-electron chi connectivity index (χ0n) is 26.3. The molecule has 0 aliphatic carbocycles. The molecule has 0 spiro atoms. The maximum atomic E-state index is 14.0. The number of anilines is 2. The van der Waals surface area contributed by atoms with Crippen molar-refractivity contribution in [2.45, 2.75) is 18.2 Å². The van der Waals surface area contributed by atoms with E-state index in [9.17, 15) is 18.0 Å². The Morgan fingerprint density at radius 2 is 1.43 bits per heavy atom. The van der Waals surface area contributed by atoms with E-state index in [1.54, 1.807) is 68.8 Å². The highest BCUT2D eigenvalue weighted by Crippen LogP contribution is 2.36. The lowest BCUT2D eigenvalue weighted by molar-refractivity contribution is -0.114. The van der Waals surface area contributed by atoms with Gasteiger partial charge in [0.15, 0.2) is 11.5 Å². The number of ether oxygens (including phenoxy) is 4. The van der Waals surface area contributed by atoms with Crippen molar-refractivity contribution in [3.8, 4) is 23.0 Å². The van der Waals surface area contributed by atoms with Crippen molar-refractivity contribution in [3.63, 3.8) is 0 Å². The summed E-state index contributed by atoms with van der Waals surface area (Å²) in [4.78, 5) is 26.7. The molecule has 12 heteroatoms. The fourth-order valence-electron chi connectivity index (χ4n) is 4.69. The van der Waals surface area contributed by atoms with Gasteiger partial charge in [-0.15, -0.1) is 0 Å². The van der Waals surface area contributed by atoms with E-state index in [0.29, 0.717) is 30.2 Å². The van der Waals surface area contributed by atoms with Crippen molar-refractivity contribution in [1.82, 2.24) is 5.32 Å². The third kappa shape index (κ3) is 7.88. The van der Waals surface area contributed by atoms with Crippen LogP contribution in [0, 0.1) is 6.92 Å². The molecule has 0 aliphatic rings. The van der Waals surface area contributed by atoms with Crippen LogP contribution < -0.4 is 33.9 Å². The molecule has 242 valence electrons. The Morgan fingerprint density at radius 3 is 2.11 bits per heavy atom. The number of hydrogen-bond acceptors (Lipinski definition) is 8. The summed E-state index contributed by atoms with van der Waals surface area (Å²) in [5, 5.41) is 5.59. The maximum absolute atomic E-state index is 14.0. The van der Waals surface area contributed by atoms with E-state index in [1.165, 1.54) is 32.4 Å². The predicted molar refractivity (Wildman–Crippen MR) is 176 cm³/mol. The van der Waals surface area contributed by atoms with Gasteiger partial charge in [0.2, 0.25) is 5.91 Å². The highest BCUT2D eigenvalue weighted by Gasteiger charge is 2.30. The Morgan fingerprint density at radius 1 is 0.761 bits per heavy atom. The molecule has 0 saturated heterocycles. The molecule has 46 heavy (non-hydrogen) atoms. The summed E-state index contributed by atoms with van der Waals surface area (Å²) in [7, 11) is 1.72. The van der Waals surface area contributed by atoms with E-state index in [-0.39, 0.29) is 27.6 Å². The monoisotopic (exact) mass is 647 g/mol. The molecular weight excluding hydrogens is 610 g/mol. The van der Waals surface area contributed by atoms with Crippen LogP contribution >= 0.6 is 0 Å². The van der Waals surface area contributed by atoms with Crippen LogP contribution in [0.25, 0.3) is 0 Å². The Labute approximate surface area is 269 Å². The Hall–Kier alpha value is -5.23. The largest absolute Gasteiger partial charge is 0.497 e. The molecule has 11 nitrogen and oxygen atoms in total. The maximum Gasteiger partial charge on any atom is 0.264 e. The van der Waals surface area contributed by atoms with Gasteiger partial charge in [-0.1, -0.05) is 35.9 Å². The SMILES string of the molecule is COc1ccc(OC)c(N(CC(=O)Nc2ccccc2C(=O)NCCc2ccc(OC)c(OC)c2)S(=O)(=O)c2ccc(C)cc2)c1. The lowest BCUT2D eigenvalue weighted by Gasteiger charge is -2.26. The van der Waals surface area contributed by atoms with Gasteiger partial charge >= 0.3 is 0 Å². The standard InChI is InChI=1S/C34H37N3O8S/c1-23-10-14-26(15-11-23)46(40,41)37(29-21-25(42-2)13-17-30(29)43-3)22-33(38)36-28-9-7-6-8-27(28)34(39)35-19-18-24-12-16-31(44-4)32(20-24)45-5/h6-17,20-21H,18-19,22H2,1-5H3,(H,35,39)(H,36,38). The van der Waals surface area contributed by atoms with Crippen molar-refractivity contribution in [2.24, 2.45) is 0 Å². The average molecular weight is 648 g/mol. The van der Waals surface area contributed by atoms with Gasteiger partial charge in [-0.3, -0.25) is 13.9 Å². The number of aryl methyl sites for hydroxylation is 1. The summed E-state index contributed by atoms with van der Waals surface area (Å²) in [6.07, 6.45) is 0.523. The van der Waals surface area contributed by atoms with Crippen molar-refractivity contribution in [2.75, 3.05) is 51.2 Å². The number of hydrogen-bond donors (Lipinski definition) is 2. The fraction of sp³-hybridized carbons (Fsp3) is 0.235. The van der Waals surface area contributed by atoms with Gasteiger partial charge in [0, 0.05) is 12.6 Å². The van der Waals surface area contributed by atoms with Crippen LogP contribution in [0.2, 0.25) is 0 Å². The minimum Gasteiger partial charge on any atom is -0.497 e. The van der Waals surface area contributed by atoms with Gasteiger partial charge in [-0.25, -0.2) is 8.42 Å². The number of amides is 2. The van der Waals surface area contributed by atoms with E-state index in [4.69, 9.17) is 18.9 Å². The first-order chi connectivity index (χ1) is 22.1. The van der Waals surface area contributed by atoms with E-state index in [0.717, 1.165) is 15.4 Å². The Balaban J connectivity index is 1.55. The molecule has 4 rings (SSSR count). The summed E-state index contributed by atoms with van der Waals surface area (Å²) in [5.74, 6) is 0.703. The van der Waals surface area contributed by atoms with Crippen LogP contribution in [0.3, 0.4) is 0 Å². The molecule has 0 atom stereocenters. The Kier molecular flexibility index (Phi) is 11.1. The van der Waals surface area contributed by atoms with Gasteiger partial charge in [0.25, 0.3) is 15.9 Å². The fourth-order valence-corrected chi connectivity index (χ4v) is 6.11. The quantitative estimate of drug-likeness (QED) is 0.199. The summed E-state index contributed by atoms with van der Waals surface area (Å²) in [6, 6.07) is 23.0. The Bertz CT molecular complexity index is 1790. The van der Waals surface area contributed by atoms with Crippen molar-refractivity contribution in [1.29, 1.82) is 0 Å². The molecule has 2 N–H and O–H groups in total. The summed E-state index contributed by atoms with van der Waals surface area (Å²) >= 11 is 0. The first-order valence-electron chi connectivity index (χ1n) is 14.3. The normalized spacial score (nSPS) is 10.9. The van der Waals surface area contributed by atoms with Crippen molar-refractivity contribution < 1.29 is 37.0 Å². The van der Waals surface area contributed by atoms with Gasteiger partial charge < -0.3 is 29.6 Å². The molecular formula is C34H37N3O8S. The zero-order chi connectivity index (χ0) is 33.3. The summed E-state index contributed by atoms with van der Waals surface area (Å²) < 4.78 is 50.3. The van der Waals surface area contributed by atoms with Gasteiger partial charge in [0.1, 0.15) is 18.0 Å². The molecule has 0 heterocycles. The number of rotatable bonds is 14. The van der Waals surface area contributed by atoms with Crippen LogP contribution in [0.15, 0.2) is 89.8 Å². The van der Waals surface area contributed by atoms with Gasteiger partial charge in [-0.05, 0) is 67.4 Å². The molecule has 2 amide bonds. The molecule has 0 radical (unpaired) electrons. The molecule has 0 bridgehead atoms. The second-order valence-corrected chi connectivity index (χ2v) is 12.0. The van der Waals surface area contributed by atoms with E-state index >= 15 is 0 Å². The smallest absolute Gasteiger partial charge is 0.264 e. The van der Waals surface area contributed by atoms with Crippen LogP contribution in [-0.2, 0) is 21.2 Å². The zero-order valence-corrected chi connectivity index (χ0v) is 27.1. The topological polar surface area (TPSA) is 132 Å². The van der Waals surface area contributed by atoms with E-state index < -0.39 is 28.4 Å². The highest BCUT2D eigenvalue weighted by molar-refractivity contribution is 7.92. The molecule has 0 aromatic heterocycles. The first kappa shape index (κ1) is 33.7. The van der Waals surface area contributed by atoms with Crippen LogP contribution in [0.5, 0.6) is 23.0 Å². The number of methoxy groups -OCH3 is 4. The van der Waals surface area contributed by atoms with Crippen molar-refractivity contribution >= 4 is 33.2 Å². The highest BCUT2D eigenvalue weighted by atomic mass is 32.2. The third-order valence-electron chi connectivity index (χ3n) is 7.14. The van der Waals surface area contributed by atoms with E-state index in [1.807, 2.05) is 19.1 Å². The van der Waals surface area contributed by atoms with Crippen LogP contribution in [-0.4, -0.2) is 61.8 Å². The number of carbonyl (C=O) groups is 2. The van der Waals surface area contributed by atoms with Crippen molar-refractivity contribution in [3.05, 3.63) is 102 Å². The number of sulfonamides is 1. The molecule has 4 aromatic rings. The van der Waals surface area contributed by atoms with Crippen LogP contribution in [0.4, 0.5) is 11.4 Å². The molecule has 0 fully saturated rings. The minimum absolute atomic E-state index is 0.00923. The minimum atomic E-state index is -4.25. The number of carbonyl (C=O) groups excluding carboxylic acids is 2. The lowest BCUT2D eigenvalue weighted by atomic mass is 10.1. The average Bonchev–Trinajstić information content (AvgIpc) is 3.07. The molecule has 0 unspecified atom stereocenters. The third-order valence-corrected chi connectivity index (χ3v) is 8.92. The summed E-state index contributed by atoms with van der Waals surface area (Å²) in [5.41, 5.74) is 2.36. The number of nitrogens with one attached hydrogen (secondary N) is 2. The van der Waals surface area contributed by atoms with Gasteiger partial charge in [0.05, 0.1) is 50.3 Å².